The van der Waals surface area contributed by atoms with Gasteiger partial charge in [-0.05, 0) is 18.6 Å². The van der Waals surface area contributed by atoms with Crippen molar-refractivity contribution < 1.29 is 23.5 Å². The number of amides is 2. The Labute approximate surface area is 125 Å². The van der Waals surface area contributed by atoms with Gasteiger partial charge in [0.2, 0.25) is 0 Å². The molecule has 1 aromatic carbocycles. The van der Waals surface area contributed by atoms with Crippen LogP contribution in [0.2, 0.25) is 0 Å². The standard InChI is InChI=1S/C13H16F2N2O3S/c1-2-8(7-11(18)19)16-13(20)17-9-5-3-4-6-10(9)21-12(14)15/h3-6,8,12H,2,7H2,1H3,(H,18,19)(H2,16,17,20). The zero-order valence-corrected chi connectivity index (χ0v) is 12.1. The Morgan fingerprint density at radius 2 is 2.00 bits per heavy atom. The minimum Gasteiger partial charge on any atom is -0.481 e. The number of carboxylic acids is 1. The molecule has 0 aromatic heterocycles. The molecule has 0 saturated carbocycles. The van der Waals surface area contributed by atoms with Gasteiger partial charge >= 0.3 is 12.0 Å². The van der Waals surface area contributed by atoms with Gasteiger partial charge in [-0.25, -0.2) is 4.79 Å². The lowest BCUT2D eigenvalue weighted by atomic mass is 10.1. The van der Waals surface area contributed by atoms with Crippen molar-refractivity contribution in [2.24, 2.45) is 0 Å². The normalized spacial score (nSPS) is 12.0. The first kappa shape index (κ1) is 17.2. The van der Waals surface area contributed by atoms with Crippen LogP contribution in [0.4, 0.5) is 19.3 Å². The van der Waals surface area contributed by atoms with Crippen LogP contribution in [0, 0.1) is 0 Å². The maximum atomic E-state index is 12.4. The molecule has 1 unspecified atom stereocenters. The molecule has 0 radical (unpaired) electrons. The fourth-order valence-corrected chi connectivity index (χ4v) is 2.22. The number of anilines is 1. The summed E-state index contributed by atoms with van der Waals surface area (Å²) in [5, 5.41) is 13.7. The third-order valence-corrected chi connectivity index (χ3v) is 3.39. The predicted octanol–water partition coefficient (Wildman–Crippen LogP) is 3.38. The number of thioether (sulfide) groups is 1. The molecule has 21 heavy (non-hydrogen) atoms. The molecule has 0 fully saturated rings. The molecule has 2 amide bonds. The van der Waals surface area contributed by atoms with Crippen molar-refractivity contribution in [3.8, 4) is 0 Å². The molecule has 0 aliphatic rings. The Kier molecular flexibility index (Phi) is 6.93. The third kappa shape index (κ3) is 6.44. The number of rotatable bonds is 7. The van der Waals surface area contributed by atoms with Crippen LogP contribution in [0.5, 0.6) is 0 Å². The molecule has 5 nitrogen and oxygen atoms in total. The number of benzene rings is 1. The van der Waals surface area contributed by atoms with E-state index in [-0.39, 0.29) is 17.0 Å². The van der Waals surface area contributed by atoms with Crippen molar-refractivity contribution in [1.82, 2.24) is 5.32 Å². The summed E-state index contributed by atoms with van der Waals surface area (Å²) in [6, 6.07) is 5.04. The molecule has 0 saturated heterocycles. The van der Waals surface area contributed by atoms with Crippen molar-refractivity contribution in [3.05, 3.63) is 24.3 Å². The number of aliphatic carboxylic acids is 1. The van der Waals surface area contributed by atoms with Gasteiger partial charge in [-0.2, -0.15) is 8.78 Å². The number of para-hydroxylation sites is 1. The second-order valence-corrected chi connectivity index (χ2v) is 5.21. The first-order valence-corrected chi connectivity index (χ1v) is 7.13. The maximum Gasteiger partial charge on any atom is 0.319 e. The minimum absolute atomic E-state index is 0.197. The van der Waals surface area contributed by atoms with Crippen LogP contribution < -0.4 is 10.6 Å². The van der Waals surface area contributed by atoms with Gasteiger partial charge in [-0.3, -0.25) is 4.79 Å². The highest BCUT2D eigenvalue weighted by Gasteiger charge is 2.16. The topological polar surface area (TPSA) is 78.4 Å². The van der Waals surface area contributed by atoms with Gasteiger partial charge in [0.05, 0.1) is 12.1 Å². The average Bonchev–Trinajstić information content (AvgIpc) is 2.39. The van der Waals surface area contributed by atoms with Crippen molar-refractivity contribution in [1.29, 1.82) is 0 Å². The van der Waals surface area contributed by atoms with E-state index < -0.39 is 23.8 Å². The summed E-state index contributed by atoms with van der Waals surface area (Å²) in [7, 11) is 0. The average molecular weight is 318 g/mol. The minimum atomic E-state index is -2.59. The molecular weight excluding hydrogens is 302 g/mol. The van der Waals surface area contributed by atoms with E-state index in [9.17, 15) is 18.4 Å². The number of halogens is 2. The number of hydrogen-bond donors (Lipinski definition) is 3. The fraction of sp³-hybridized carbons (Fsp3) is 0.385. The molecule has 0 aliphatic heterocycles. The number of nitrogens with one attached hydrogen (secondary N) is 2. The van der Waals surface area contributed by atoms with Gasteiger partial charge in [0.1, 0.15) is 0 Å². The van der Waals surface area contributed by atoms with Crippen molar-refractivity contribution >= 4 is 29.4 Å². The Hall–Kier alpha value is -1.83. The van der Waals surface area contributed by atoms with E-state index in [0.717, 1.165) is 0 Å². The summed E-state index contributed by atoms with van der Waals surface area (Å²) in [6.45, 7) is 1.74. The molecular formula is C13H16F2N2O3S. The maximum absolute atomic E-state index is 12.4. The Balaban J connectivity index is 2.68. The molecule has 0 bridgehead atoms. The largest absolute Gasteiger partial charge is 0.481 e. The molecule has 8 heteroatoms. The van der Waals surface area contributed by atoms with Gasteiger partial charge in [0.25, 0.3) is 5.76 Å². The lowest BCUT2D eigenvalue weighted by Gasteiger charge is -2.16. The number of alkyl halides is 2. The zero-order chi connectivity index (χ0) is 15.8. The van der Waals surface area contributed by atoms with Crippen LogP contribution in [0.25, 0.3) is 0 Å². The van der Waals surface area contributed by atoms with Crippen LogP contribution in [0.3, 0.4) is 0 Å². The lowest BCUT2D eigenvalue weighted by Crippen LogP contribution is -2.39. The van der Waals surface area contributed by atoms with Gasteiger partial charge in [-0.15, -0.1) is 0 Å². The van der Waals surface area contributed by atoms with Crippen LogP contribution in [-0.2, 0) is 4.79 Å². The summed E-state index contributed by atoms with van der Waals surface area (Å²) >= 11 is 0.332. The van der Waals surface area contributed by atoms with Gasteiger partial charge in [0, 0.05) is 10.9 Å². The summed E-state index contributed by atoms with van der Waals surface area (Å²) in [5.41, 5.74) is 0.255. The van der Waals surface area contributed by atoms with E-state index in [4.69, 9.17) is 5.11 Å². The molecule has 0 aliphatic carbocycles. The highest BCUT2D eigenvalue weighted by atomic mass is 32.2. The summed E-state index contributed by atoms with van der Waals surface area (Å²) < 4.78 is 24.8. The second kappa shape index (κ2) is 8.46. The fourth-order valence-electron chi connectivity index (χ4n) is 1.62. The van der Waals surface area contributed by atoms with Gasteiger partial charge < -0.3 is 15.7 Å². The molecule has 0 spiro atoms. The second-order valence-electron chi connectivity index (χ2n) is 4.18. The summed E-state index contributed by atoms with van der Waals surface area (Å²) in [4.78, 5) is 22.7. The van der Waals surface area contributed by atoms with Crippen LogP contribution in [0.15, 0.2) is 29.2 Å². The molecule has 116 valence electrons. The molecule has 1 aromatic rings. The van der Waals surface area contributed by atoms with Gasteiger partial charge in [0.15, 0.2) is 0 Å². The highest BCUT2D eigenvalue weighted by Crippen LogP contribution is 2.31. The monoisotopic (exact) mass is 318 g/mol. The molecule has 0 heterocycles. The van der Waals surface area contributed by atoms with E-state index in [1.165, 1.54) is 12.1 Å². The van der Waals surface area contributed by atoms with E-state index >= 15 is 0 Å². The number of carbonyl (C=O) groups is 2. The van der Waals surface area contributed by atoms with Gasteiger partial charge in [-0.1, -0.05) is 30.8 Å². The van der Waals surface area contributed by atoms with E-state index in [0.29, 0.717) is 18.2 Å². The highest BCUT2D eigenvalue weighted by molar-refractivity contribution is 7.99. The van der Waals surface area contributed by atoms with E-state index in [1.54, 1.807) is 19.1 Å². The summed E-state index contributed by atoms with van der Waals surface area (Å²) in [6.07, 6.45) is 0.254. The SMILES string of the molecule is CCC(CC(=O)O)NC(=O)Nc1ccccc1SC(F)F. The number of carboxylic acid groups (broad SMARTS) is 1. The van der Waals surface area contributed by atoms with E-state index in [2.05, 4.69) is 10.6 Å². The number of hydrogen-bond acceptors (Lipinski definition) is 3. The zero-order valence-electron chi connectivity index (χ0n) is 11.3. The Bertz CT molecular complexity index is 500. The van der Waals surface area contributed by atoms with Crippen LogP contribution >= 0.6 is 11.8 Å². The molecule has 3 N–H and O–H groups in total. The van der Waals surface area contributed by atoms with E-state index in [1.807, 2.05) is 0 Å². The van der Waals surface area contributed by atoms with Crippen molar-refractivity contribution in [3.63, 3.8) is 0 Å². The lowest BCUT2D eigenvalue weighted by molar-refractivity contribution is -0.137. The smallest absolute Gasteiger partial charge is 0.319 e. The van der Waals surface area contributed by atoms with Crippen LogP contribution in [0.1, 0.15) is 19.8 Å². The summed E-state index contributed by atoms with van der Waals surface area (Å²) in [5.74, 6) is -3.61. The van der Waals surface area contributed by atoms with Crippen molar-refractivity contribution in [2.75, 3.05) is 5.32 Å². The molecule has 1 atom stereocenters. The number of carbonyl (C=O) groups excluding carboxylic acids is 1. The third-order valence-electron chi connectivity index (χ3n) is 2.60. The number of urea groups is 1. The van der Waals surface area contributed by atoms with Crippen molar-refractivity contribution in [2.45, 2.75) is 36.5 Å². The predicted molar refractivity (Wildman–Crippen MR) is 76.8 cm³/mol. The quantitative estimate of drug-likeness (QED) is 0.674. The Morgan fingerprint density at radius 3 is 2.57 bits per heavy atom. The Morgan fingerprint density at radius 1 is 1.33 bits per heavy atom. The molecule has 1 rings (SSSR count). The van der Waals surface area contributed by atoms with Crippen LogP contribution in [-0.4, -0.2) is 28.9 Å². The first-order chi connectivity index (χ1) is 9.92. The first-order valence-electron chi connectivity index (χ1n) is 6.25.